The van der Waals surface area contributed by atoms with Gasteiger partial charge in [0.15, 0.2) is 0 Å². The zero-order chi connectivity index (χ0) is 14.6. The van der Waals surface area contributed by atoms with Gasteiger partial charge in [-0.25, -0.2) is 4.39 Å². The van der Waals surface area contributed by atoms with Gasteiger partial charge in [-0.3, -0.25) is 0 Å². The molecule has 1 unspecified atom stereocenters. The molecule has 0 bridgehead atoms. The van der Waals surface area contributed by atoms with Crippen molar-refractivity contribution in [2.75, 3.05) is 26.8 Å². The Labute approximate surface area is 120 Å². The summed E-state index contributed by atoms with van der Waals surface area (Å²) in [5, 5.41) is 3.42. The van der Waals surface area contributed by atoms with Crippen LogP contribution in [-0.2, 0) is 4.74 Å². The van der Waals surface area contributed by atoms with Crippen LogP contribution in [0.5, 0.6) is 5.75 Å². The first-order valence-corrected chi connectivity index (χ1v) is 7.30. The smallest absolute Gasteiger partial charge is 0.132 e. The second kappa shape index (κ2) is 6.55. The summed E-state index contributed by atoms with van der Waals surface area (Å²) in [7, 11) is 1.56. The van der Waals surface area contributed by atoms with Crippen molar-refractivity contribution in [3.05, 3.63) is 29.6 Å². The van der Waals surface area contributed by atoms with Gasteiger partial charge < -0.3 is 14.8 Å². The van der Waals surface area contributed by atoms with Crippen LogP contribution in [0.15, 0.2) is 18.2 Å². The van der Waals surface area contributed by atoms with Crippen molar-refractivity contribution >= 4 is 0 Å². The second-order valence-electron chi connectivity index (χ2n) is 5.49. The number of hydrogen-bond donors (Lipinski definition) is 1. The van der Waals surface area contributed by atoms with Crippen LogP contribution < -0.4 is 10.1 Å². The third-order valence-electron chi connectivity index (χ3n) is 4.48. The van der Waals surface area contributed by atoms with Gasteiger partial charge in [0.25, 0.3) is 0 Å². The van der Waals surface area contributed by atoms with Crippen LogP contribution in [0, 0.1) is 11.2 Å². The van der Waals surface area contributed by atoms with Crippen LogP contribution in [0.4, 0.5) is 4.39 Å². The van der Waals surface area contributed by atoms with E-state index in [9.17, 15) is 4.39 Å². The molecule has 1 aromatic rings. The van der Waals surface area contributed by atoms with E-state index in [1.165, 1.54) is 6.07 Å². The maximum atomic E-state index is 14.1. The third kappa shape index (κ3) is 2.96. The fraction of sp³-hybridized carbons (Fsp3) is 0.625. The van der Waals surface area contributed by atoms with E-state index in [2.05, 4.69) is 19.2 Å². The molecule has 1 atom stereocenters. The topological polar surface area (TPSA) is 30.5 Å². The first kappa shape index (κ1) is 15.3. The van der Waals surface area contributed by atoms with Crippen LogP contribution in [0.3, 0.4) is 0 Å². The molecule has 1 aromatic carbocycles. The van der Waals surface area contributed by atoms with E-state index in [0.717, 1.165) is 19.4 Å². The minimum absolute atomic E-state index is 0.146. The molecule has 112 valence electrons. The quantitative estimate of drug-likeness (QED) is 0.918. The van der Waals surface area contributed by atoms with Crippen molar-refractivity contribution < 1.29 is 13.9 Å². The predicted octanol–water partition coefficient (Wildman–Crippen LogP) is 3.30. The summed E-state index contributed by atoms with van der Waals surface area (Å²) in [6, 6.07) is 4.89. The Morgan fingerprint density at radius 3 is 2.80 bits per heavy atom. The Bertz CT molecular complexity index is 446. The summed E-state index contributed by atoms with van der Waals surface area (Å²) >= 11 is 0. The average Bonchev–Trinajstić information content (AvgIpc) is 2.70. The first-order chi connectivity index (χ1) is 9.65. The van der Waals surface area contributed by atoms with Gasteiger partial charge >= 0.3 is 0 Å². The molecule has 0 aliphatic carbocycles. The summed E-state index contributed by atoms with van der Waals surface area (Å²) in [6.07, 6.45) is 1.81. The molecule has 1 N–H and O–H groups in total. The van der Waals surface area contributed by atoms with E-state index in [1.807, 2.05) is 0 Å². The molecule has 4 heteroatoms. The molecular formula is C16H24FNO2. The zero-order valence-electron chi connectivity index (χ0n) is 12.5. The summed E-state index contributed by atoms with van der Waals surface area (Å²) in [4.78, 5) is 0. The number of rotatable bonds is 4. The lowest BCUT2D eigenvalue weighted by Gasteiger charge is -2.29. The predicted molar refractivity (Wildman–Crippen MR) is 77.5 cm³/mol. The molecule has 0 radical (unpaired) electrons. The Balaban J connectivity index is 2.23. The van der Waals surface area contributed by atoms with E-state index >= 15 is 0 Å². The molecule has 3 nitrogen and oxygen atoms in total. The van der Waals surface area contributed by atoms with Crippen molar-refractivity contribution in [1.29, 1.82) is 0 Å². The average molecular weight is 281 g/mol. The number of methoxy groups -OCH3 is 1. The van der Waals surface area contributed by atoms with Gasteiger partial charge in [0.1, 0.15) is 17.7 Å². The fourth-order valence-electron chi connectivity index (χ4n) is 2.75. The highest BCUT2D eigenvalue weighted by Crippen LogP contribution is 2.35. The Morgan fingerprint density at radius 1 is 1.40 bits per heavy atom. The van der Waals surface area contributed by atoms with Crippen molar-refractivity contribution in [3.63, 3.8) is 0 Å². The Kier molecular flexibility index (Phi) is 5.00. The van der Waals surface area contributed by atoms with Crippen molar-refractivity contribution in [1.82, 2.24) is 5.32 Å². The third-order valence-corrected chi connectivity index (χ3v) is 4.48. The summed E-state index contributed by atoms with van der Waals surface area (Å²) in [5.41, 5.74) is 0.665. The minimum atomic E-state index is -0.300. The molecule has 1 aliphatic rings. The molecule has 0 saturated carbocycles. The first-order valence-electron chi connectivity index (χ1n) is 7.30. The fourth-order valence-corrected chi connectivity index (χ4v) is 2.75. The van der Waals surface area contributed by atoms with E-state index < -0.39 is 0 Å². The number of nitrogens with one attached hydrogen (secondary N) is 1. The highest BCUT2D eigenvalue weighted by Gasteiger charge is 2.32. The maximum absolute atomic E-state index is 14.1. The number of hydrogen-bond acceptors (Lipinski definition) is 3. The van der Waals surface area contributed by atoms with Gasteiger partial charge in [0.2, 0.25) is 0 Å². The highest BCUT2D eigenvalue weighted by molar-refractivity contribution is 5.36. The second-order valence-corrected chi connectivity index (χ2v) is 5.49. The van der Waals surface area contributed by atoms with Crippen molar-refractivity contribution in [2.24, 2.45) is 5.41 Å². The van der Waals surface area contributed by atoms with Crippen molar-refractivity contribution in [2.45, 2.75) is 32.8 Å². The van der Waals surface area contributed by atoms with Gasteiger partial charge in [-0.05, 0) is 25.0 Å². The molecule has 0 amide bonds. The lowest BCUT2D eigenvalue weighted by atomic mass is 9.83. The Morgan fingerprint density at radius 2 is 2.15 bits per heavy atom. The molecule has 1 heterocycles. The largest absolute Gasteiger partial charge is 0.496 e. The van der Waals surface area contributed by atoms with Crippen LogP contribution in [0.25, 0.3) is 0 Å². The molecule has 20 heavy (non-hydrogen) atoms. The monoisotopic (exact) mass is 281 g/mol. The van der Waals surface area contributed by atoms with Crippen LogP contribution >= 0.6 is 0 Å². The van der Waals surface area contributed by atoms with E-state index in [1.54, 1.807) is 19.2 Å². The normalized spacial score (nSPS) is 22.3. The van der Waals surface area contributed by atoms with Gasteiger partial charge in [0, 0.05) is 18.5 Å². The lowest BCUT2D eigenvalue weighted by molar-refractivity contribution is 0.00769. The molecule has 0 aromatic heterocycles. The van der Waals surface area contributed by atoms with Crippen LogP contribution in [0.1, 0.15) is 38.4 Å². The van der Waals surface area contributed by atoms with E-state index in [4.69, 9.17) is 9.47 Å². The summed E-state index contributed by atoms with van der Waals surface area (Å²) in [5.74, 6) is 0.286. The zero-order valence-corrected chi connectivity index (χ0v) is 12.5. The SMILES string of the molecule is CCC1(CC)CNCC(c2c(F)cccc2OC)OC1. The van der Waals surface area contributed by atoms with Crippen LogP contribution in [0.2, 0.25) is 0 Å². The lowest BCUT2D eigenvalue weighted by Crippen LogP contribution is -2.34. The molecular weight excluding hydrogens is 257 g/mol. The molecule has 1 saturated heterocycles. The highest BCUT2D eigenvalue weighted by atomic mass is 19.1. The molecule has 1 fully saturated rings. The van der Waals surface area contributed by atoms with Crippen LogP contribution in [-0.4, -0.2) is 26.8 Å². The van der Waals surface area contributed by atoms with Gasteiger partial charge in [-0.1, -0.05) is 19.9 Å². The van der Waals surface area contributed by atoms with Gasteiger partial charge in [-0.15, -0.1) is 0 Å². The number of halogens is 1. The molecule has 2 rings (SSSR count). The Hall–Kier alpha value is -1.13. The number of benzene rings is 1. The van der Waals surface area contributed by atoms with Gasteiger partial charge in [-0.2, -0.15) is 0 Å². The van der Waals surface area contributed by atoms with E-state index in [0.29, 0.717) is 24.5 Å². The minimum Gasteiger partial charge on any atom is -0.496 e. The summed E-state index contributed by atoms with van der Waals surface area (Å²) in [6.45, 7) is 6.53. The molecule has 0 spiro atoms. The van der Waals surface area contributed by atoms with Crippen molar-refractivity contribution in [3.8, 4) is 5.75 Å². The van der Waals surface area contributed by atoms with Gasteiger partial charge in [0.05, 0.1) is 19.3 Å². The molecule has 1 aliphatic heterocycles. The maximum Gasteiger partial charge on any atom is 0.132 e. The number of ether oxygens (including phenoxy) is 2. The van der Waals surface area contributed by atoms with E-state index in [-0.39, 0.29) is 17.3 Å². The summed E-state index contributed by atoms with van der Waals surface area (Å²) < 4.78 is 25.4. The standard InChI is InChI=1S/C16H24FNO2/c1-4-16(5-2)10-18-9-14(20-11-16)15-12(17)7-6-8-13(15)19-3/h6-8,14,18H,4-5,9-11H2,1-3H3.